The fraction of sp³-hybridized carbons (Fsp3) is 0.565. The van der Waals surface area contributed by atoms with Crippen LogP contribution in [0.3, 0.4) is 0 Å². The van der Waals surface area contributed by atoms with E-state index in [2.05, 4.69) is 28.6 Å². The molecule has 0 spiro atoms. The van der Waals surface area contributed by atoms with E-state index in [1.54, 1.807) is 0 Å². The molecule has 2 aliphatic rings. The molecular formula is C23H34N6O. The molecule has 6 N–H and O–H groups in total. The van der Waals surface area contributed by atoms with E-state index in [0.717, 1.165) is 43.2 Å². The molecule has 30 heavy (non-hydrogen) atoms. The summed E-state index contributed by atoms with van der Waals surface area (Å²) in [5.41, 5.74) is 23.8. The largest absolute Gasteiger partial charge is 0.385 e. The smallest absolute Gasteiger partial charge is 0.251 e. The second-order valence-electron chi connectivity index (χ2n) is 8.40. The molecule has 2 atom stereocenters. The zero-order chi connectivity index (χ0) is 21.7. The minimum atomic E-state index is -0.695. The van der Waals surface area contributed by atoms with Crippen LogP contribution in [0.4, 0.5) is 0 Å². The Bertz CT molecular complexity index is 857. The Hall–Kier alpha value is -2.54. The molecule has 7 heteroatoms. The first-order valence-corrected chi connectivity index (χ1v) is 11.0. The van der Waals surface area contributed by atoms with Crippen molar-refractivity contribution in [1.29, 1.82) is 5.53 Å². The van der Waals surface area contributed by atoms with Crippen LogP contribution in [0.25, 0.3) is 0 Å². The number of hydrogen-bond acceptors (Lipinski definition) is 4. The van der Waals surface area contributed by atoms with E-state index in [9.17, 15) is 4.79 Å². The maximum atomic E-state index is 12.4. The number of amides is 1. The number of fused-ring (bicyclic) bond motifs is 1. The number of amidine groups is 1. The first-order valence-electron chi connectivity index (χ1n) is 11.0. The standard InChI is InChI=1S/C23H34N6O/c1-3-18-10-6-9-16-13-17(21(30)27-4-2)11-12-19(16)23(18,22(25)28-29-26)14-20(24)15-7-5-8-15/h10-13,15,20H,3-9,14,24H2,1-2H3,(H,27,30)(H3,25,26,28). The SMILES string of the molecule is CCNC(=O)c1ccc2c(c1)CCC=C(CC)C2(CC(N)C1CCC1)C(N)=NN=N. The fourth-order valence-electron chi connectivity index (χ4n) is 4.99. The third-order valence-corrected chi connectivity index (χ3v) is 6.79. The lowest BCUT2D eigenvalue weighted by molar-refractivity contribution is 0.0955. The normalized spacial score (nSPS) is 22.9. The van der Waals surface area contributed by atoms with Gasteiger partial charge in [-0.1, -0.05) is 36.3 Å². The summed E-state index contributed by atoms with van der Waals surface area (Å²) in [6, 6.07) is 5.83. The number of nitrogens with one attached hydrogen (secondary N) is 2. The number of hydrogen-bond donors (Lipinski definition) is 4. The second-order valence-corrected chi connectivity index (χ2v) is 8.40. The summed E-state index contributed by atoms with van der Waals surface area (Å²) in [5.74, 6) is 0.726. The van der Waals surface area contributed by atoms with E-state index in [0.29, 0.717) is 30.3 Å². The van der Waals surface area contributed by atoms with Crippen LogP contribution in [0.1, 0.15) is 73.9 Å². The summed E-state index contributed by atoms with van der Waals surface area (Å²) in [6.45, 7) is 4.62. The topological polar surface area (TPSA) is 130 Å². The highest BCUT2D eigenvalue weighted by atomic mass is 16.1. The molecule has 7 nitrogen and oxygen atoms in total. The minimum Gasteiger partial charge on any atom is -0.385 e. The van der Waals surface area contributed by atoms with Crippen molar-refractivity contribution in [1.82, 2.24) is 5.32 Å². The van der Waals surface area contributed by atoms with Crippen LogP contribution >= 0.6 is 0 Å². The Labute approximate surface area is 178 Å². The summed E-state index contributed by atoms with van der Waals surface area (Å²) in [6.07, 6.45) is 8.87. The van der Waals surface area contributed by atoms with Gasteiger partial charge >= 0.3 is 0 Å². The van der Waals surface area contributed by atoms with E-state index < -0.39 is 5.41 Å². The minimum absolute atomic E-state index is 0.0119. The zero-order valence-electron chi connectivity index (χ0n) is 18.1. The van der Waals surface area contributed by atoms with E-state index in [1.807, 2.05) is 25.1 Å². The highest BCUT2D eigenvalue weighted by Gasteiger charge is 2.45. The van der Waals surface area contributed by atoms with Crippen LogP contribution < -0.4 is 16.8 Å². The number of benzene rings is 1. The van der Waals surface area contributed by atoms with Gasteiger partial charge in [-0.05, 0) is 74.6 Å². The van der Waals surface area contributed by atoms with Crippen molar-refractivity contribution in [3.63, 3.8) is 0 Å². The van der Waals surface area contributed by atoms with Crippen LogP contribution in [-0.2, 0) is 11.8 Å². The molecule has 0 radical (unpaired) electrons. The average Bonchev–Trinajstić information content (AvgIpc) is 2.83. The maximum absolute atomic E-state index is 12.4. The Morgan fingerprint density at radius 3 is 2.73 bits per heavy atom. The molecule has 3 rings (SSSR count). The van der Waals surface area contributed by atoms with Gasteiger partial charge in [-0.15, -0.1) is 5.10 Å². The van der Waals surface area contributed by atoms with Crippen LogP contribution in [0.15, 0.2) is 40.2 Å². The molecule has 2 aliphatic carbocycles. The first kappa shape index (κ1) is 22.2. The molecule has 162 valence electrons. The molecule has 1 fully saturated rings. The third kappa shape index (κ3) is 4.03. The summed E-state index contributed by atoms with van der Waals surface area (Å²) in [4.78, 5) is 12.4. The highest BCUT2D eigenvalue weighted by Crippen LogP contribution is 2.45. The van der Waals surface area contributed by atoms with Gasteiger partial charge < -0.3 is 16.8 Å². The molecule has 0 heterocycles. The van der Waals surface area contributed by atoms with Gasteiger partial charge in [0.2, 0.25) is 0 Å². The van der Waals surface area contributed by atoms with Crippen molar-refractivity contribution >= 4 is 11.7 Å². The lowest BCUT2D eigenvalue weighted by Crippen LogP contribution is -2.50. The average molecular weight is 411 g/mol. The summed E-state index contributed by atoms with van der Waals surface area (Å²) in [7, 11) is 0. The van der Waals surface area contributed by atoms with Gasteiger partial charge in [0.1, 0.15) is 5.84 Å². The van der Waals surface area contributed by atoms with Crippen molar-refractivity contribution < 1.29 is 4.79 Å². The van der Waals surface area contributed by atoms with Crippen LogP contribution in [0, 0.1) is 11.4 Å². The van der Waals surface area contributed by atoms with Crippen molar-refractivity contribution in [3.05, 3.63) is 46.5 Å². The molecule has 2 unspecified atom stereocenters. The van der Waals surface area contributed by atoms with Crippen molar-refractivity contribution in [2.45, 2.75) is 70.3 Å². The monoisotopic (exact) mass is 410 g/mol. The van der Waals surface area contributed by atoms with Gasteiger partial charge in [-0.3, -0.25) is 4.79 Å². The molecule has 0 bridgehead atoms. The molecule has 1 saturated carbocycles. The Balaban J connectivity index is 2.17. The summed E-state index contributed by atoms with van der Waals surface area (Å²) in [5, 5.41) is 10.1. The van der Waals surface area contributed by atoms with Crippen molar-refractivity contribution in [2.24, 2.45) is 27.7 Å². The van der Waals surface area contributed by atoms with E-state index in [-0.39, 0.29) is 11.9 Å². The molecule has 1 aromatic rings. The van der Waals surface area contributed by atoms with Gasteiger partial charge in [-0.25, -0.2) is 0 Å². The molecule has 0 aliphatic heterocycles. The number of rotatable bonds is 8. The van der Waals surface area contributed by atoms with Crippen LogP contribution in [0.2, 0.25) is 0 Å². The number of nitrogens with zero attached hydrogens (tertiary/aromatic N) is 2. The molecular weight excluding hydrogens is 376 g/mol. The second kappa shape index (κ2) is 9.51. The molecule has 0 saturated heterocycles. The van der Waals surface area contributed by atoms with E-state index in [1.165, 1.54) is 12.0 Å². The number of aryl methyl sites for hydroxylation is 1. The first-order chi connectivity index (χ1) is 14.5. The Kier molecular flexibility index (Phi) is 7.02. The molecule has 1 amide bonds. The predicted octanol–water partition coefficient (Wildman–Crippen LogP) is 3.78. The third-order valence-electron chi connectivity index (χ3n) is 6.79. The number of nitrogens with two attached hydrogens (primary N) is 2. The zero-order valence-corrected chi connectivity index (χ0v) is 18.1. The van der Waals surface area contributed by atoms with Crippen LogP contribution in [-0.4, -0.2) is 24.3 Å². The van der Waals surface area contributed by atoms with Crippen LogP contribution in [0.5, 0.6) is 0 Å². The van der Waals surface area contributed by atoms with Gasteiger partial charge in [0.05, 0.1) is 5.41 Å². The van der Waals surface area contributed by atoms with Gasteiger partial charge in [0.25, 0.3) is 5.91 Å². The number of carbonyl (C=O) groups excluding carboxylic acids is 1. The highest BCUT2D eigenvalue weighted by molar-refractivity contribution is 5.97. The molecule has 0 aromatic heterocycles. The van der Waals surface area contributed by atoms with E-state index in [4.69, 9.17) is 17.0 Å². The number of allylic oxidation sites excluding steroid dienone is 1. The van der Waals surface area contributed by atoms with Gasteiger partial charge in [0.15, 0.2) is 0 Å². The van der Waals surface area contributed by atoms with Gasteiger partial charge in [-0.2, -0.15) is 5.53 Å². The van der Waals surface area contributed by atoms with Crippen molar-refractivity contribution in [2.75, 3.05) is 6.54 Å². The van der Waals surface area contributed by atoms with E-state index >= 15 is 0 Å². The molecule has 1 aromatic carbocycles. The van der Waals surface area contributed by atoms with Crippen molar-refractivity contribution in [3.8, 4) is 0 Å². The Morgan fingerprint density at radius 2 is 2.13 bits per heavy atom. The van der Waals surface area contributed by atoms with Gasteiger partial charge in [0, 0.05) is 18.2 Å². The maximum Gasteiger partial charge on any atom is 0.251 e. The fourth-order valence-corrected chi connectivity index (χ4v) is 4.99. The quantitative estimate of drug-likeness (QED) is 0.171. The summed E-state index contributed by atoms with van der Waals surface area (Å²) < 4.78 is 0. The lowest BCUT2D eigenvalue weighted by atomic mass is 9.64. The predicted molar refractivity (Wildman–Crippen MR) is 120 cm³/mol. The Morgan fingerprint density at radius 1 is 1.37 bits per heavy atom. The summed E-state index contributed by atoms with van der Waals surface area (Å²) >= 11 is 0. The lowest BCUT2D eigenvalue weighted by Gasteiger charge is -2.42. The number of carbonyl (C=O) groups is 1.